The third-order valence-corrected chi connectivity index (χ3v) is 3.83. The largest absolute Gasteiger partial charge is 0.546 e. The summed E-state index contributed by atoms with van der Waals surface area (Å²) in [5.74, 6) is -1.22. The SMILES string of the molecule is CCCc1c(C(=O)N/N=C/c2ccc(OCC(=O)[O-])cc2)n[nH][n+]1-c1nonc1N. The lowest BCUT2D eigenvalue weighted by atomic mass is 10.2. The Hall–Kier alpha value is -4.29. The van der Waals surface area contributed by atoms with Crippen LogP contribution in [0.2, 0.25) is 0 Å². The Morgan fingerprint density at radius 3 is 2.77 bits per heavy atom. The highest BCUT2D eigenvalue weighted by Crippen LogP contribution is 2.11. The van der Waals surface area contributed by atoms with E-state index in [1.54, 1.807) is 24.3 Å². The molecule has 2 aromatic heterocycles. The van der Waals surface area contributed by atoms with E-state index in [9.17, 15) is 14.7 Å². The summed E-state index contributed by atoms with van der Waals surface area (Å²) >= 11 is 0. The number of carbonyl (C=O) groups is 2. The first kappa shape index (κ1) is 20.4. The minimum Gasteiger partial charge on any atom is -0.546 e. The van der Waals surface area contributed by atoms with Crippen LogP contribution in [0.4, 0.5) is 5.82 Å². The summed E-state index contributed by atoms with van der Waals surface area (Å²) in [5, 5.41) is 28.2. The number of amides is 1. The van der Waals surface area contributed by atoms with Crippen LogP contribution in [0.3, 0.4) is 0 Å². The molecule has 0 saturated carbocycles. The van der Waals surface area contributed by atoms with Crippen molar-refractivity contribution in [3.05, 3.63) is 41.2 Å². The predicted molar refractivity (Wildman–Crippen MR) is 98.4 cm³/mol. The average Bonchev–Trinajstić information content (AvgIpc) is 3.33. The number of hydrogen-bond acceptors (Lipinski definition) is 10. The second-order valence-corrected chi connectivity index (χ2v) is 5.99. The first-order valence-corrected chi connectivity index (χ1v) is 8.83. The molecule has 0 saturated heterocycles. The van der Waals surface area contributed by atoms with E-state index in [4.69, 9.17) is 10.5 Å². The molecule has 30 heavy (non-hydrogen) atoms. The summed E-state index contributed by atoms with van der Waals surface area (Å²) < 4.78 is 11.0. The van der Waals surface area contributed by atoms with Crippen LogP contribution in [-0.2, 0) is 11.2 Å². The molecule has 4 N–H and O–H groups in total. The van der Waals surface area contributed by atoms with E-state index in [0.29, 0.717) is 23.4 Å². The molecule has 0 unspecified atom stereocenters. The standard InChI is InChI=1S/C17H18N8O5/c1-2-3-12-14(20-24-25(12)16-15(18)22-30-23-16)17(28)21-19-8-10-4-6-11(7-5-10)29-9-13(26)27/h4-8H,2-3,9H2,1H3,(H4,18,21,22,26,27,28)/b19-8+. The van der Waals surface area contributed by atoms with Gasteiger partial charge < -0.3 is 20.4 Å². The number of rotatable bonds is 9. The maximum atomic E-state index is 12.5. The minimum absolute atomic E-state index is 0.0537. The molecule has 0 aliphatic heterocycles. The van der Waals surface area contributed by atoms with E-state index >= 15 is 0 Å². The maximum absolute atomic E-state index is 12.5. The Balaban J connectivity index is 1.68. The molecule has 13 heteroatoms. The third kappa shape index (κ3) is 4.76. The van der Waals surface area contributed by atoms with Crippen molar-refractivity contribution in [3.8, 4) is 11.6 Å². The lowest BCUT2D eigenvalue weighted by molar-refractivity contribution is -0.670. The van der Waals surface area contributed by atoms with Crippen molar-refractivity contribution in [2.75, 3.05) is 12.3 Å². The Labute approximate surface area is 169 Å². The Morgan fingerprint density at radius 2 is 2.13 bits per heavy atom. The van der Waals surface area contributed by atoms with Crippen molar-refractivity contribution in [1.82, 2.24) is 26.1 Å². The molecule has 3 aromatic rings. The second kappa shape index (κ2) is 9.27. The molecule has 0 bridgehead atoms. The fourth-order valence-corrected chi connectivity index (χ4v) is 2.51. The summed E-state index contributed by atoms with van der Waals surface area (Å²) in [6.45, 7) is 1.41. The number of benzene rings is 1. The molecule has 0 fully saturated rings. The van der Waals surface area contributed by atoms with Gasteiger partial charge in [0.25, 0.3) is 11.5 Å². The van der Waals surface area contributed by atoms with Gasteiger partial charge in [0.1, 0.15) is 17.5 Å². The van der Waals surface area contributed by atoms with Gasteiger partial charge in [-0.1, -0.05) is 6.92 Å². The number of carboxylic acid groups (broad SMARTS) is 1. The van der Waals surface area contributed by atoms with Gasteiger partial charge in [0.05, 0.1) is 12.2 Å². The lowest BCUT2D eigenvalue weighted by Gasteiger charge is -2.06. The van der Waals surface area contributed by atoms with Crippen LogP contribution < -0.4 is 25.7 Å². The number of nitrogen functional groups attached to an aromatic ring is 1. The van der Waals surface area contributed by atoms with Crippen molar-refractivity contribution in [2.45, 2.75) is 19.8 Å². The van der Waals surface area contributed by atoms with E-state index in [0.717, 1.165) is 6.42 Å². The van der Waals surface area contributed by atoms with Crippen molar-refractivity contribution in [1.29, 1.82) is 0 Å². The predicted octanol–water partition coefficient (Wildman–Crippen LogP) is -1.50. The maximum Gasteiger partial charge on any atom is 0.376 e. The molecule has 1 aromatic carbocycles. The van der Waals surface area contributed by atoms with E-state index in [1.807, 2.05) is 6.92 Å². The van der Waals surface area contributed by atoms with Crippen molar-refractivity contribution < 1.29 is 28.7 Å². The molecule has 3 rings (SSSR count). The number of ether oxygens (including phenoxy) is 1. The highest BCUT2D eigenvalue weighted by Gasteiger charge is 2.29. The van der Waals surface area contributed by atoms with Crippen LogP contribution in [0.15, 0.2) is 34.0 Å². The summed E-state index contributed by atoms with van der Waals surface area (Å²) in [6, 6.07) is 6.42. The van der Waals surface area contributed by atoms with Gasteiger partial charge in [-0.2, -0.15) is 9.73 Å². The zero-order valence-electron chi connectivity index (χ0n) is 15.9. The van der Waals surface area contributed by atoms with Crippen molar-refractivity contribution in [2.24, 2.45) is 5.10 Å². The number of H-pyrrole nitrogens is 1. The van der Waals surface area contributed by atoms with Crippen molar-refractivity contribution in [3.63, 3.8) is 0 Å². The number of nitrogens with zero attached hydrogens (tertiary/aromatic N) is 5. The molecule has 13 nitrogen and oxygen atoms in total. The van der Waals surface area contributed by atoms with Gasteiger partial charge in [0.15, 0.2) is 5.69 Å². The molecule has 0 atom stereocenters. The van der Waals surface area contributed by atoms with E-state index in [-0.39, 0.29) is 17.3 Å². The molecule has 1 amide bonds. The molecule has 2 heterocycles. The molecular weight excluding hydrogens is 396 g/mol. The van der Waals surface area contributed by atoms with E-state index in [2.05, 4.69) is 35.8 Å². The minimum atomic E-state index is -1.31. The fraction of sp³-hybridized carbons (Fsp3) is 0.235. The Morgan fingerprint density at radius 1 is 1.37 bits per heavy atom. The number of nitrogens with one attached hydrogen (secondary N) is 2. The van der Waals surface area contributed by atoms with Gasteiger partial charge in [-0.15, -0.1) is 9.90 Å². The van der Waals surface area contributed by atoms with Crippen LogP contribution in [-0.4, -0.2) is 45.3 Å². The van der Waals surface area contributed by atoms with Crippen LogP contribution in [0.1, 0.15) is 35.1 Å². The highest BCUT2D eigenvalue weighted by atomic mass is 16.6. The molecule has 0 radical (unpaired) electrons. The van der Waals surface area contributed by atoms with Gasteiger partial charge in [0, 0.05) is 6.42 Å². The quantitative estimate of drug-likeness (QED) is 0.212. The van der Waals surface area contributed by atoms with Crippen LogP contribution in [0.5, 0.6) is 5.75 Å². The Bertz CT molecular complexity index is 1060. The fourth-order valence-electron chi connectivity index (χ4n) is 2.51. The first-order chi connectivity index (χ1) is 14.5. The smallest absolute Gasteiger partial charge is 0.376 e. The molecular formula is C17H18N8O5. The first-order valence-electron chi connectivity index (χ1n) is 8.83. The number of hydrazone groups is 1. The van der Waals surface area contributed by atoms with Gasteiger partial charge in [-0.05, 0) is 46.5 Å². The zero-order chi connectivity index (χ0) is 21.5. The van der Waals surface area contributed by atoms with Gasteiger partial charge >= 0.3 is 11.7 Å². The topological polar surface area (TPSA) is 188 Å². The average molecular weight is 414 g/mol. The number of carbonyl (C=O) groups excluding carboxylic acids is 2. The van der Waals surface area contributed by atoms with E-state index in [1.165, 1.54) is 10.9 Å². The van der Waals surface area contributed by atoms with E-state index < -0.39 is 18.5 Å². The number of nitrogens with two attached hydrogens (primary N) is 1. The summed E-state index contributed by atoms with van der Waals surface area (Å²) in [6.07, 6.45) is 2.67. The number of aromatic nitrogens is 5. The zero-order valence-corrected chi connectivity index (χ0v) is 15.9. The summed E-state index contributed by atoms with van der Waals surface area (Å²) in [7, 11) is 0. The van der Waals surface area contributed by atoms with Crippen LogP contribution in [0, 0.1) is 0 Å². The number of carboxylic acids is 1. The highest BCUT2D eigenvalue weighted by molar-refractivity contribution is 5.93. The normalized spacial score (nSPS) is 11.0. The van der Waals surface area contributed by atoms with Gasteiger partial charge in [0.2, 0.25) is 0 Å². The van der Waals surface area contributed by atoms with Crippen LogP contribution >= 0.6 is 0 Å². The second-order valence-electron chi connectivity index (χ2n) is 5.99. The lowest BCUT2D eigenvalue weighted by Crippen LogP contribution is -2.39. The number of aromatic amines is 1. The molecule has 0 aliphatic carbocycles. The molecule has 0 spiro atoms. The number of hydrogen-bond donors (Lipinski definition) is 3. The number of aliphatic carboxylic acids is 1. The summed E-state index contributed by atoms with van der Waals surface area (Å²) in [4.78, 5) is 22.9. The van der Waals surface area contributed by atoms with Crippen molar-refractivity contribution >= 4 is 23.9 Å². The van der Waals surface area contributed by atoms with Crippen LogP contribution in [0.25, 0.3) is 5.82 Å². The monoisotopic (exact) mass is 414 g/mol. The van der Waals surface area contributed by atoms with Gasteiger partial charge in [-0.25, -0.2) is 5.43 Å². The van der Waals surface area contributed by atoms with Gasteiger partial charge in [-0.3, -0.25) is 4.79 Å². The number of anilines is 1. The Kier molecular flexibility index (Phi) is 6.32. The molecule has 156 valence electrons. The molecule has 0 aliphatic rings. The third-order valence-electron chi connectivity index (χ3n) is 3.83. The summed E-state index contributed by atoms with van der Waals surface area (Å²) in [5.41, 5.74) is 9.44.